The predicted molar refractivity (Wildman–Crippen MR) is 63.3 cm³/mol. The van der Waals surface area contributed by atoms with Crippen LogP contribution in [0.4, 0.5) is 0 Å². The van der Waals surface area contributed by atoms with E-state index in [0.29, 0.717) is 5.69 Å². The molecule has 0 aliphatic rings. The largest absolute Gasteiger partial charge is 0.481 e. The van der Waals surface area contributed by atoms with Gasteiger partial charge in [-0.25, -0.2) is 9.97 Å². The molecule has 0 amide bonds. The first kappa shape index (κ1) is 11.0. The van der Waals surface area contributed by atoms with Crippen molar-refractivity contribution in [3.8, 4) is 0 Å². The van der Waals surface area contributed by atoms with Gasteiger partial charge in [0.1, 0.15) is 6.33 Å². The Balaban J connectivity index is 2.66. The Morgan fingerprint density at radius 3 is 2.88 bits per heavy atom. The quantitative estimate of drug-likeness (QED) is 0.919. The Morgan fingerprint density at radius 2 is 2.19 bits per heavy atom. The van der Waals surface area contributed by atoms with Crippen molar-refractivity contribution in [3.05, 3.63) is 34.7 Å². The van der Waals surface area contributed by atoms with Gasteiger partial charge in [-0.2, -0.15) is 0 Å². The summed E-state index contributed by atoms with van der Waals surface area (Å²) in [6.45, 7) is 1.62. The minimum atomic E-state index is -0.886. The maximum Gasteiger partial charge on any atom is 0.312 e. The van der Waals surface area contributed by atoms with Crippen molar-refractivity contribution in [2.24, 2.45) is 0 Å². The molecular formula is C11H9BrN2O2. The SMILES string of the molecule is CC(C(=O)O)c1ncnc2cc(Br)ccc12. The summed E-state index contributed by atoms with van der Waals surface area (Å²) in [5.74, 6) is -1.52. The topological polar surface area (TPSA) is 63.1 Å². The first-order valence-electron chi connectivity index (χ1n) is 4.72. The van der Waals surface area contributed by atoms with Crippen LogP contribution in [0.15, 0.2) is 29.0 Å². The fraction of sp³-hybridized carbons (Fsp3) is 0.182. The maximum absolute atomic E-state index is 10.9. The number of hydrogen-bond donors (Lipinski definition) is 1. The number of aliphatic carboxylic acids is 1. The van der Waals surface area contributed by atoms with Crippen LogP contribution in [0, 0.1) is 0 Å². The first-order chi connectivity index (χ1) is 7.59. The van der Waals surface area contributed by atoms with Crippen molar-refractivity contribution in [1.82, 2.24) is 9.97 Å². The zero-order chi connectivity index (χ0) is 11.7. The molecule has 0 radical (unpaired) electrons. The molecular weight excluding hydrogens is 272 g/mol. The zero-order valence-corrected chi connectivity index (χ0v) is 10.1. The van der Waals surface area contributed by atoms with Crippen molar-refractivity contribution in [2.75, 3.05) is 0 Å². The molecule has 1 heterocycles. The van der Waals surface area contributed by atoms with E-state index in [9.17, 15) is 4.79 Å². The van der Waals surface area contributed by atoms with Crippen LogP contribution < -0.4 is 0 Å². The Kier molecular flexibility index (Phi) is 2.87. The van der Waals surface area contributed by atoms with Crippen molar-refractivity contribution in [2.45, 2.75) is 12.8 Å². The summed E-state index contributed by atoms with van der Waals surface area (Å²) in [5, 5.41) is 9.76. The Bertz CT molecular complexity index is 557. The lowest BCUT2D eigenvalue weighted by molar-refractivity contribution is -0.138. The molecule has 4 nitrogen and oxygen atoms in total. The van der Waals surface area contributed by atoms with E-state index in [1.165, 1.54) is 6.33 Å². The second kappa shape index (κ2) is 4.17. The molecule has 1 atom stereocenters. The summed E-state index contributed by atoms with van der Waals surface area (Å²) in [6, 6.07) is 5.52. The van der Waals surface area contributed by atoms with Gasteiger partial charge in [-0.1, -0.05) is 15.9 Å². The molecule has 82 valence electrons. The zero-order valence-electron chi connectivity index (χ0n) is 8.51. The van der Waals surface area contributed by atoms with Crippen LogP contribution in [-0.4, -0.2) is 21.0 Å². The normalized spacial score (nSPS) is 12.6. The van der Waals surface area contributed by atoms with Crippen LogP contribution in [0.2, 0.25) is 0 Å². The summed E-state index contributed by atoms with van der Waals surface area (Å²) in [4.78, 5) is 19.1. The highest BCUT2D eigenvalue weighted by Crippen LogP contribution is 2.24. The van der Waals surface area contributed by atoms with Crippen molar-refractivity contribution in [3.63, 3.8) is 0 Å². The molecule has 0 saturated heterocycles. The number of carboxylic acids is 1. The van der Waals surface area contributed by atoms with Crippen molar-refractivity contribution < 1.29 is 9.90 Å². The third-order valence-corrected chi connectivity index (χ3v) is 2.90. The van der Waals surface area contributed by atoms with Gasteiger partial charge in [0.25, 0.3) is 0 Å². The van der Waals surface area contributed by atoms with Gasteiger partial charge in [0, 0.05) is 9.86 Å². The fourth-order valence-electron chi connectivity index (χ4n) is 1.51. The molecule has 5 heteroatoms. The second-order valence-electron chi connectivity index (χ2n) is 3.48. The number of rotatable bonds is 2. The molecule has 2 aromatic rings. The number of carboxylic acid groups (broad SMARTS) is 1. The van der Waals surface area contributed by atoms with Gasteiger partial charge in [0.05, 0.1) is 17.1 Å². The van der Waals surface area contributed by atoms with E-state index in [0.717, 1.165) is 15.4 Å². The highest BCUT2D eigenvalue weighted by Gasteiger charge is 2.18. The van der Waals surface area contributed by atoms with Crippen LogP contribution in [0.25, 0.3) is 10.9 Å². The summed E-state index contributed by atoms with van der Waals surface area (Å²) in [5.41, 5.74) is 1.29. The predicted octanol–water partition coefficient (Wildman–Crippen LogP) is 2.58. The lowest BCUT2D eigenvalue weighted by Gasteiger charge is -2.08. The molecule has 2 rings (SSSR count). The number of hydrogen-bond acceptors (Lipinski definition) is 3. The van der Waals surface area contributed by atoms with Crippen LogP contribution in [-0.2, 0) is 4.79 Å². The average molecular weight is 281 g/mol. The van der Waals surface area contributed by atoms with Gasteiger partial charge < -0.3 is 5.11 Å². The summed E-state index contributed by atoms with van der Waals surface area (Å²) in [7, 11) is 0. The highest BCUT2D eigenvalue weighted by atomic mass is 79.9. The monoisotopic (exact) mass is 280 g/mol. The molecule has 0 saturated carbocycles. The number of fused-ring (bicyclic) bond motifs is 1. The van der Waals surface area contributed by atoms with Gasteiger partial charge in [-0.05, 0) is 25.1 Å². The lowest BCUT2D eigenvalue weighted by Crippen LogP contribution is -2.10. The molecule has 1 unspecified atom stereocenters. The van der Waals surface area contributed by atoms with Gasteiger partial charge in [-0.3, -0.25) is 4.79 Å². The van der Waals surface area contributed by atoms with Gasteiger partial charge in [0.15, 0.2) is 0 Å². The number of aromatic nitrogens is 2. The highest BCUT2D eigenvalue weighted by molar-refractivity contribution is 9.10. The fourth-order valence-corrected chi connectivity index (χ4v) is 1.86. The third-order valence-electron chi connectivity index (χ3n) is 2.41. The van der Waals surface area contributed by atoms with Crippen LogP contribution in [0.1, 0.15) is 18.5 Å². The molecule has 1 aromatic heterocycles. The van der Waals surface area contributed by atoms with Gasteiger partial charge in [0.2, 0.25) is 0 Å². The second-order valence-corrected chi connectivity index (χ2v) is 4.40. The molecule has 0 bridgehead atoms. The van der Waals surface area contributed by atoms with E-state index in [4.69, 9.17) is 5.11 Å². The molecule has 0 fully saturated rings. The van der Waals surface area contributed by atoms with Crippen LogP contribution in [0.5, 0.6) is 0 Å². The molecule has 16 heavy (non-hydrogen) atoms. The van der Waals surface area contributed by atoms with Gasteiger partial charge >= 0.3 is 5.97 Å². The number of halogens is 1. The number of benzene rings is 1. The summed E-state index contributed by atoms with van der Waals surface area (Å²) in [6.07, 6.45) is 1.39. The van der Waals surface area contributed by atoms with Crippen LogP contribution >= 0.6 is 15.9 Å². The maximum atomic E-state index is 10.9. The summed E-state index contributed by atoms with van der Waals surface area (Å²) >= 11 is 3.35. The lowest BCUT2D eigenvalue weighted by atomic mass is 10.0. The number of nitrogens with zero attached hydrogens (tertiary/aromatic N) is 2. The molecule has 0 spiro atoms. The Morgan fingerprint density at radius 1 is 1.44 bits per heavy atom. The third kappa shape index (κ3) is 1.90. The van der Waals surface area contributed by atoms with Crippen molar-refractivity contribution >= 4 is 32.8 Å². The average Bonchev–Trinajstić information content (AvgIpc) is 2.26. The standard InChI is InChI=1S/C11H9BrN2O2/c1-6(11(15)16)10-8-3-2-7(12)4-9(8)13-5-14-10/h2-6H,1H3,(H,15,16). The Hall–Kier alpha value is -1.49. The Labute approximate surface area is 100 Å². The first-order valence-corrected chi connectivity index (χ1v) is 5.52. The smallest absolute Gasteiger partial charge is 0.312 e. The van der Waals surface area contributed by atoms with Crippen molar-refractivity contribution in [1.29, 1.82) is 0 Å². The van der Waals surface area contributed by atoms with Crippen LogP contribution in [0.3, 0.4) is 0 Å². The van der Waals surface area contributed by atoms with Gasteiger partial charge in [-0.15, -0.1) is 0 Å². The molecule has 1 aromatic carbocycles. The molecule has 0 aliphatic carbocycles. The van der Waals surface area contributed by atoms with E-state index in [1.807, 2.05) is 18.2 Å². The van der Waals surface area contributed by atoms with E-state index < -0.39 is 11.9 Å². The summed E-state index contributed by atoms with van der Waals surface area (Å²) < 4.78 is 0.910. The van der Waals surface area contributed by atoms with E-state index in [-0.39, 0.29) is 0 Å². The van der Waals surface area contributed by atoms with E-state index in [2.05, 4.69) is 25.9 Å². The minimum absolute atomic E-state index is 0.546. The minimum Gasteiger partial charge on any atom is -0.481 e. The molecule has 1 N–H and O–H groups in total. The number of carbonyl (C=O) groups is 1. The van der Waals surface area contributed by atoms with E-state index >= 15 is 0 Å². The van der Waals surface area contributed by atoms with E-state index in [1.54, 1.807) is 6.92 Å². The molecule has 0 aliphatic heterocycles.